The summed E-state index contributed by atoms with van der Waals surface area (Å²) in [5, 5.41) is 3.67. The predicted octanol–water partition coefficient (Wildman–Crippen LogP) is 5.23. The Morgan fingerprint density at radius 2 is 1.59 bits per heavy atom. The lowest BCUT2D eigenvalue weighted by Gasteiger charge is -2.33. The van der Waals surface area contributed by atoms with Crippen molar-refractivity contribution >= 4 is 23.4 Å². The number of amides is 2. The van der Waals surface area contributed by atoms with Crippen LogP contribution >= 0.6 is 11.6 Å². The standard InChI is InChI=1S/C24H31ClN2O2/c1-17(2)14-15-26-23(28)22(20-8-6-5-7-9-20)27(24(29)18(3)4)16-19-10-12-21(25)13-11-19/h5-13,17-18,22H,14-16H2,1-4H3,(H,26,28). The summed E-state index contributed by atoms with van der Waals surface area (Å²) in [5.74, 6) is 0.0533. The third-order valence-electron chi connectivity index (χ3n) is 4.74. The van der Waals surface area contributed by atoms with E-state index < -0.39 is 6.04 Å². The molecule has 1 atom stereocenters. The average Bonchev–Trinajstić information content (AvgIpc) is 2.69. The Kier molecular flexibility index (Phi) is 8.71. The van der Waals surface area contributed by atoms with Crippen LogP contribution in [-0.4, -0.2) is 23.3 Å². The molecule has 5 heteroatoms. The van der Waals surface area contributed by atoms with Gasteiger partial charge in [0.1, 0.15) is 6.04 Å². The average molecular weight is 415 g/mol. The Morgan fingerprint density at radius 1 is 0.966 bits per heavy atom. The number of rotatable bonds is 9. The third-order valence-corrected chi connectivity index (χ3v) is 4.99. The van der Waals surface area contributed by atoms with Crippen molar-refractivity contribution in [2.75, 3.05) is 6.54 Å². The van der Waals surface area contributed by atoms with Gasteiger partial charge in [0.25, 0.3) is 0 Å². The number of carbonyl (C=O) groups excluding carboxylic acids is 2. The van der Waals surface area contributed by atoms with Gasteiger partial charge in [-0.15, -0.1) is 0 Å². The van der Waals surface area contributed by atoms with Gasteiger partial charge in [0, 0.05) is 24.0 Å². The van der Waals surface area contributed by atoms with E-state index in [2.05, 4.69) is 19.2 Å². The van der Waals surface area contributed by atoms with E-state index in [1.54, 1.807) is 17.0 Å². The van der Waals surface area contributed by atoms with Crippen LogP contribution in [0.3, 0.4) is 0 Å². The summed E-state index contributed by atoms with van der Waals surface area (Å²) >= 11 is 6.01. The lowest BCUT2D eigenvalue weighted by Crippen LogP contribution is -2.45. The SMILES string of the molecule is CC(C)CCNC(=O)C(c1ccccc1)N(Cc1ccc(Cl)cc1)C(=O)C(C)C. The summed E-state index contributed by atoms with van der Waals surface area (Å²) in [4.78, 5) is 28.0. The third kappa shape index (κ3) is 6.90. The van der Waals surface area contributed by atoms with E-state index in [9.17, 15) is 9.59 Å². The van der Waals surface area contributed by atoms with Crippen molar-refractivity contribution in [1.29, 1.82) is 0 Å². The van der Waals surface area contributed by atoms with Crippen molar-refractivity contribution in [2.24, 2.45) is 11.8 Å². The quantitative estimate of drug-likeness (QED) is 0.610. The Hall–Kier alpha value is -2.33. The first kappa shape index (κ1) is 23.0. The lowest BCUT2D eigenvalue weighted by atomic mass is 10.0. The summed E-state index contributed by atoms with van der Waals surface area (Å²) in [5.41, 5.74) is 1.73. The van der Waals surface area contributed by atoms with Crippen LogP contribution in [0.2, 0.25) is 5.02 Å². The Morgan fingerprint density at radius 3 is 2.14 bits per heavy atom. The van der Waals surface area contributed by atoms with Gasteiger partial charge in [0.15, 0.2) is 0 Å². The van der Waals surface area contributed by atoms with Crippen LogP contribution in [0.25, 0.3) is 0 Å². The molecule has 2 amide bonds. The zero-order chi connectivity index (χ0) is 21.4. The molecule has 0 aliphatic heterocycles. The fraction of sp³-hybridized carbons (Fsp3) is 0.417. The maximum Gasteiger partial charge on any atom is 0.247 e. The van der Waals surface area contributed by atoms with Gasteiger partial charge in [0.05, 0.1) is 0 Å². The highest BCUT2D eigenvalue weighted by molar-refractivity contribution is 6.30. The molecule has 1 N–H and O–H groups in total. The highest BCUT2D eigenvalue weighted by Crippen LogP contribution is 2.26. The molecule has 0 fully saturated rings. The maximum atomic E-state index is 13.2. The molecule has 0 saturated heterocycles. The van der Waals surface area contributed by atoms with Crippen molar-refractivity contribution in [3.8, 4) is 0 Å². The largest absolute Gasteiger partial charge is 0.354 e. The summed E-state index contributed by atoms with van der Waals surface area (Å²) in [7, 11) is 0. The second-order valence-corrected chi connectivity index (χ2v) is 8.47. The second kappa shape index (κ2) is 11.0. The number of benzene rings is 2. The van der Waals surface area contributed by atoms with E-state index in [0.29, 0.717) is 24.0 Å². The van der Waals surface area contributed by atoms with Gasteiger partial charge in [-0.3, -0.25) is 9.59 Å². The number of hydrogen-bond donors (Lipinski definition) is 1. The van der Waals surface area contributed by atoms with Crippen molar-refractivity contribution in [1.82, 2.24) is 10.2 Å². The van der Waals surface area contributed by atoms with Crippen LogP contribution in [0.15, 0.2) is 54.6 Å². The molecular formula is C24H31ClN2O2. The molecule has 0 bridgehead atoms. The Labute approximate surface area is 179 Å². The molecule has 0 aliphatic rings. The Bertz CT molecular complexity index is 788. The van der Waals surface area contributed by atoms with Crippen molar-refractivity contribution in [3.05, 3.63) is 70.7 Å². The zero-order valence-electron chi connectivity index (χ0n) is 17.7. The first-order valence-corrected chi connectivity index (χ1v) is 10.5. The summed E-state index contributed by atoms with van der Waals surface area (Å²) < 4.78 is 0. The van der Waals surface area contributed by atoms with E-state index in [0.717, 1.165) is 17.5 Å². The molecular weight excluding hydrogens is 384 g/mol. The van der Waals surface area contributed by atoms with E-state index >= 15 is 0 Å². The highest BCUT2D eigenvalue weighted by atomic mass is 35.5. The predicted molar refractivity (Wildman–Crippen MR) is 118 cm³/mol. The normalized spacial score (nSPS) is 12.1. The molecule has 0 saturated carbocycles. The minimum Gasteiger partial charge on any atom is -0.354 e. The van der Waals surface area contributed by atoms with Crippen molar-refractivity contribution < 1.29 is 9.59 Å². The molecule has 0 aliphatic carbocycles. The molecule has 0 radical (unpaired) electrons. The van der Waals surface area contributed by atoms with Gasteiger partial charge >= 0.3 is 0 Å². The van der Waals surface area contributed by atoms with E-state index in [1.807, 2.05) is 56.3 Å². The molecule has 29 heavy (non-hydrogen) atoms. The van der Waals surface area contributed by atoms with Crippen LogP contribution in [-0.2, 0) is 16.1 Å². The van der Waals surface area contributed by atoms with Crippen LogP contribution in [0.5, 0.6) is 0 Å². The second-order valence-electron chi connectivity index (χ2n) is 8.03. The minimum atomic E-state index is -0.686. The van der Waals surface area contributed by atoms with E-state index in [1.165, 1.54) is 0 Å². The van der Waals surface area contributed by atoms with Crippen molar-refractivity contribution in [3.63, 3.8) is 0 Å². The minimum absolute atomic E-state index is 0.0622. The van der Waals surface area contributed by atoms with Gasteiger partial charge in [-0.1, -0.05) is 81.8 Å². The van der Waals surface area contributed by atoms with E-state index in [-0.39, 0.29) is 17.7 Å². The first-order chi connectivity index (χ1) is 13.8. The number of carbonyl (C=O) groups is 2. The molecule has 2 rings (SSSR count). The molecule has 0 aromatic heterocycles. The molecule has 156 valence electrons. The van der Waals surface area contributed by atoms with E-state index in [4.69, 9.17) is 11.6 Å². The lowest BCUT2D eigenvalue weighted by molar-refractivity contribution is -0.144. The monoisotopic (exact) mass is 414 g/mol. The number of halogens is 1. The van der Waals surface area contributed by atoms with Gasteiger partial charge in [-0.2, -0.15) is 0 Å². The molecule has 2 aromatic carbocycles. The first-order valence-electron chi connectivity index (χ1n) is 10.2. The number of nitrogens with zero attached hydrogens (tertiary/aromatic N) is 1. The summed E-state index contributed by atoms with van der Waals surface area (Å²) in [6, 6.07) is 16.2. The van der Waals surface area contributed by atoms with Crippen LogP contribution < -0.4 is 5.32 Å². The fourth-order valence-electron chi connectivity index (χ4n) is 3.10. The van der Waals surface area contributed by atoms with Crippen molar-refractivity contribution in [2.45, 2.75) is 46.7 Å². The molecule has 0 heterocycles. The number of hydrogen-bond acceptors (Lipinski definition) is 2. The van der Waals surface area contributed by atoms with Crippen LogP contribution in [0.1, 0.15) is 51.3 Å². The summed E-state index contributed by atoms with van der Waals surface area (Å²) in [6.07, 6.45) is 0.891. The van der Waals surface area contributed by atoms with Crippen LogP contribution in [0.4, 0.5) is 0 Å². The smallest absolute Gasteiger partial charge is 0.247 e. The topological polar surface area (TPSA) is 49.4 Å². The van der Waals surface area contributed by atoms with Crippen LogP contribution in [0, 0.1) is 11.8 Å². The highest BCUT2D eigenvalue weighted by Gasteiger charge is 2.32. The fourth-order valence-corrected chi connectivity index (χ4v) is 3.23. The summed E-state index contributed by atoms with van der Waals surface area (Å²) in [6.45, 7) is 8.88. The molecule has 1 unspecified atom stereocenters. The Balaban J connectivity index is 2.38. The molecule has 4 nitrogen and oxygen atoms in total. The van der Waals surface area contributed by atoms with Gasteiger partial charge in [-0.25, -0.2) is 0 Å². The number of nitrogens with one attached hydrogen (secondary N) is 1. The van der Waals surface area contributed by atoms with Gasteiger partial charge in [-0.05, 0) is 35.6 Å². The van der Waals surface area contributed by atoms with Gasteiger partial charge < -0.3 is 10.2 Å². The molecule has 0 spiro atoms. The van der Waals surface area contributed by atoms with Gasteiger partial charge in [0.2, 0.25) is 11.8 Å². The zero-order valence-corrected chi connectivity index (χ0v) is 18.4. The molecule has 2 aromatic rings. The maximum absolute atomic E-state index is 13.2.